The summed E-state index contributed by atoms with van der Waals surface area (Å²) >= 11 is 1.86. The van der Waals surface area contributed by atoms with Crippen molar-refractivity contribution in [1.82, 2.24) is 0 Å². The van der Waals surface area contributed by atoms with Crippen molar-refractivity contribution in [2.45, 2.75) is 32.2 Å². The van der Waals surface area contributed by atoms with E-state index in [4.69, 9.17) is 0 Å². The number of hydrogen-bond acceptors (Lipinski definition) is 3. The van der Waals surface area contributed by atoms with Gasteiger partial charge in [0, 0.05) is 23.2 Å². The van der Waals surface area contributed by atoms with Gasteiger partial charge in [0.25, 0.3) is 0 Å². The first-order valence-corrected chi connectivity index (χ1v) is 7.81. The average molecular weight is 286 g/mol. The summed E-state index contributed by atoms with van der Waals surface area (Å²) < 4.78 is 0. The topological polar surface area (TPSA) is 41.1 Å². The van der Waals surface area contributed by atoms with E-state index in [0.717, 1.165) is 11.4 Å². The third-order valence-electron chi connectivity index (χ3n) is 3.60. The van der Waals surface area contributed by atoms with Crippen LogP contribution in [0.15, 0.2) is 35.7 Å². The van der Waals surface area contributed by atoms with Gasteiger partial charge < -0.3 is 10.6 Å². The van der Waals surface area contributed by atoms with E-state index in [9.17, 15) is 4.79 Å². The Bertz CT molecular complexity index is 603. The summed E-state index contributed by atoms with van der Waals surface area (Å²) in [5.41, 5.74) is 3.39. The number of benzene rings is 1. The third-order valence-corrected chi connectivity index (χ3v) is 4.59. The van der Waals surface area contributed by atoms with Crippen LogP contribution in [-0.2, 0) is 11.2 Å². The highest BCUT2D eigenvalue weighted by atomic mass is 32.1. The van der Waals surface area contributed by atoms with E-state index < -0.39 is 0 Å². The molecular formula is C16H18N2OS. The smallest absolute Gasteiger partial charge is 0.221 e. The maximum absolute atomic E-state index is 11.0. The second kappa shape index (κ2) is 5.67. The van der Waals surface area contributed by atoms with Crippen LogP contribution in [0.25, 0.3) is 0 Å². The van der Waals surface area contributed by atoms with Gasteiger partial charge >= 0.3 is 0 Å². The molecule has 1 aliphatic carbocycles. The van der Waals surface area contributed by atoms with Gasteiger partial charge in [0.1, 0.15) is 0 Å². The normalized spacial score (nSPS) is 17.4. The molecule has 1 unspecified atom stereocenters. The van der Waals surface area contributed by atoms with Crippen LogP contribution in [0.4, 0.5) is 11.4 Å². The van der Waals surface area contributed by atoms with E-state index in [0.29, 0.717) is 6.04 Å². The first kappa shape index (κ1) is 13.2. The summed E-state index contributed by atoms with van der Waals surface area (Å²) in [4.78, 5) is 12.5. The minimum Gasteiger partial charge on any atom is -0.378 e. The fraction of sp³-hybridized carbons (Fsp3) is 0.312. The van der Waals surface area contributed by atoms with Crippen molar-refractivity contribution in [3.8, 4) is 0 Å². The molecule has 0 radical (unpaired) electrons. The van der Waals surface area contributed by atoms with Crippen molar-refractivity contribution < 1.29 is 4.79 Å². The number of hydrogen-bond donors (Lipinski definition) is 2. The number of fused-ring (bicyclic) bond motifs is 1. The standard InChI is InChI=1S/C16H18N2OS/c1-11(19)17-12-5-7-13(8-6-12)18-15-3-2-4-16-14(15)9-10-20-16/h5-10,15,18H,2-4H2,1H3,(H,17,19). The summed E-state index contributed by atoms with van der Waals surface area (Å²) in [6, 6.07) is 10.6. The number of amides is 1. The molecule has 0 aliphatic heterocycles. The molecule has 0 bridgehead atoms. The van der Waals surface area contributed by atoms with Gasteiger partial charge in [-0.2, -0.15) is 0 Å². The minimum absolute atomic E-state index is 0.0408. The lowest BCUT2D eigenvalue weighted by Crippen LogP contribution is -2.15. The highest BCUT2D eigenvalue weighted by molar-refractivity contribution is 7.10. The number of anilines is 2. The maximum atomic E-state index is 11.0. The molecule has 3 nitrogen and oxygen atoms in total. The van der Waals surface area contributed by atoms with Crippen LogP contribution in [0.1, 0.15) is 36.2 Å². The lowest BCUT2D eigenvalue weighted by Gasteiger charge is -2.24. The second-order valence-electron chi connectivity index (χ2n) is 5.15. The van der Waals surface area contributed by atoms with Crippen molar-refractivity contribution in [3.63, 3.8) is 0 Å². The maximum Gasteiger partial charge on any atom is 0.221 e. The first-order valence-electron chi connectivity index (χ1n) is 6.93. The molecule has 1 aromatic heterocycles. The minimum atomic E-state index is -0.0408. The monoisotopic (exact) mass is 286 g/mol. The quantitative estimate of drug-likeness (QED) is 0.888. The summed E-state index contributed by atoms with van der Waals surface area (Å²) in [6.07, 6.45) is 3.64. The SMILES string of the molecule is CC(=O)Nc1ccc(NC2CCCc3sccc32)cc1. The Kier molecular flexibility index (Phi) is 3.74. The molecule has 20 heavy (non-hydrogen) atoms. The van der Waals surface area contributed by atoms with Crippen LogP contribution < -0.4 is 10.6 Å². The molecule has 1 heterocycles. The Hall–Kier alpha value is -1.81. The molecule has 0 saturated heterocycles. The lowest BCUT2D eigenvalue weighted by atomic mass is 9.94. The fourth-order valence-electron chi connectivity index (χ4n) is 2.69. The second-order valence-corrected chi connectivity index (χ2v) is 6.15. The molecule has 2 aromatic rings. The van der Waals surface area contributed by atoms with E-state index in [-0.39, 0.29) is 5.91 Å². The molecule has 4 heteroatoms. The highest BCUT2D eigenvalue weighted by Gasteiger charge is 2.20. The molecule has 1 atom stereocenters. The predicted octanol–water partition coefficient (Wildman–Crippen LogP) is 4.20. The summed E-state index contributed by atoms with van der Waals surface area (Å²) in [7, 11) is 0. The Labute approximate surface area is 123 Å². The van der Waals surface area contributed by atoms with Crippen LogP contribution in [0, 0.1) is 0 Å². The largest absolute Gasteiger partial charge is 0.378 e. The number of nitrogens with one attached hydrogen (secondary N) is 2. The molecule has 1 amide bonds. The highest BCUT2D eigenvalue weighted by Crippen LogP contribution is 2.35. The molecule has 1 aromatic carbocycles. The summed E-state index contributed by atoms with van der Waals surface area (Å²) in [6.45, 7) is 1.52. The molecule has 0 spiro atoms. The Morgan fingerprint density at radius 2 is 1.95 bits per heavy atom. The molecular weight excluding hydrogens is 268 g/mol. The van der Waals surface area contributed by atoms with E-state index in [1.807, 2.05) is 35.6 Å². The average Bonchev–Trinajstić information content (AvgIpc) is 2.90. The Morgan fingerprint density at radius 1 is 1.20 bits per heavy atom. The molecule has 3 rings (SSSR count). The van der Waals surface area contributed by atoms with Crippen LogP contribution in [0.5, 0.6) is 0 Å². The Morgan fingerprint density at radius 3 is 2.70 bits per heavy atom. The number of thiophene rings is 1. The van der Waals surface area contributed by atoms with Crippen molar-refractivity contribution in [3.05, 3.63) is 46.2 Å². The number of carbonyl (C=O) groups excluding carboxylic acids is 1. The fourth-order valence-corrected chi connectivity index (χ4v) is 3.68. The number of rotatable bonds is 3. The molecule has 1 aliphatic rings. The van der Waals surface area contributed by atoms with Crippen LogP contribution >= 0.6 is 11.3 Å². The van der Waals surface area contributed by atoms with Gasteiger partial charge in [-0.3, -0.25) is 4.79 Å². The molecule has 0 saturated carbocycles. The van der Waals surface area contributed by atoms with Gasteiger partial charge in [0.15, 0.2) is 0 Å². The van der Waals surface area contributed by atoms with E-state index in [1.165, 1.54) is 36.6 Å². The van der Waals surface area contributed by atoms with E-state index in [1.54, 1.807) is 0 Å². The zero-order valence-corrected chi connectivity index (χ0v) is 12.3. The predicted molar refractivity (Wildman–Crippen MR) is 84.4 cm³/mol. The van der Waals surface area contributed by atoms with Crippen molar-refractivity contribution >= 4 is 28.6 Å². The van der Waals surface area contributed by atoms with Gasteiger partial charge in [0.2, 0.25) is 5.91 Å². The van der Waals surface area contributed by atoms with Gasteiger partial charge in [-0.15, -0.1) is 11.3 Å². The number of aryl methyl sites for hydroxylation is 1. The third kappa shape index (κ3) is 2.85. The first-order chi connectivity index (χ1) is 9.72. The van der Waals surface area contributed by atoms with E-state index in [2.05, 4.69) is 22.1 Å². The Balaban J connectivity index is 1.71. The zero-order valence-electron chi connectivity index (χ0n) is 11.5. The molecule has 104 valence electrons. The summed E-state index contributed by atoms with van der Waals surface area (Å²) in [5, 5.41) is 8.56. The van der Waals surface area contributed by atoms with E-state index >= 15 is 0 Å². The molecule has 0 fully saturated rings. The van der Waals surface area contributed by atoms with Gasteiger partial charge in [-0.05, 0) is 60.5 Å². The van der Waals surface area contributed by atoms with Gasteiger partial charge in [0.05, 0.1) is 6.04 Å². The molecule has 2 N–H and O–H groups in total. The van der Waals surface area contributed by atoms with Crippen molar-refractivity contribution in [2.24, 2.45) is 0 Å². The summed E-state index contributed by atoms with van der Waals surface area (Å²) in [5.74, 6) is -0.0408. The zero-order chi connectivity index (χ0) is 13.9. The van der Waals surface area contributed by atoms with Crippen LogP contribution in [0.2, 0.25) is 0 Å². The lowest BCUT2D eigenvalue weighted by molar-refractivity contribution is -0.114. The van der Waals surface area contributed by atoms with Crippen LogP contribution in [0.3, 0.4) is 0 Å². The van der Waals surface area contributed by atoms with Crippen molar-refractivity contribution in [2.75, 3.05) is 10.6 Å². The van der Waals surface area contributed by atoms with Gasteiger partial charge in [-0.1, -0.05) is 0 Å². The van der Waals surface area contributed by atoms with Gasteiger partial charge in [-0.25, -0.2) is 0 Å². The van der Waals surface area contributed by atoms with Crippen LogP contribution in [-0.4, -0.2) is 5.91 Å². The van der Waals surface area contributed by atoms with Crippen molar-refractivity contribution in [1.29, 1.82) is 0 Å². The number of carbonyl (C=O) groups is 1.